The molecule has 0 radical (unpaired) electrons. The van der Waals surface area contributed by atoms with E-state index in [1.54, 1.807) is 17.0 Å². The molecule has 0 aliphatic rings. The van der Waals surface area contributed by atoms with Crippen molar-refractivity contribution in [3.05, 3.63) is 39.8 Å². The van der Waals surface area contributed by atoms with Crippen LogP contribution in [-0.2, 0) is 6.54 Å². The minimum absolute atomic E-state index is 0.107. The van der Waals surface area contributed by atoms with Crippen LogP contribution in [0.3, 0.4) is 0 Å². The lowest BCUT2D eigenvalue weighted by atomic mass is 10.2. The monoisotopic (exact) mass is 262 g/mol. The molecule has 0 saturated carbocycles. The van der Waals surface area contributed by atoms with Gasteiger partial charge in [0.1, 0.15) is 5.76 Å². The third-order valence-electron chi connectivity index (χ3n) is 3.04. The van der Waals surface area contributed by atoms with E-state index in [1.807, 2.05) is 27.7 Å². The average Bonchev–Trinajstić information content (AvgIpc) is 2.68. The first-order valence-corrected chi connectivity index (χ1v) is 6.23. The third-order valence-corrected chi connectivity index (χ3v) is 3.04. The number of aromatic nitrogens is 3. The second-order valence-corrected chi connectivity index (χ2v) is 4.74. The van der Waals surface area contributed by atoms with E-state index in [4.69, 9.17) is 4.52 Å². The highest BCUT2D eigenvalue weighted by Gasteiger charge is 2.11. The summed E-state index contributed by atoms with van der Waals surface area (Å²) >= 11 is 0. The lowest BCUT2D eigenvalue weighted by Crippen LogP contribution is -2.25. The lowest BCUT2D eigenvalue weighted by Gasteiger charge is -2.11. The fraction of sp³-hybridized carbons (Fsp3) is 0.462. The van der Waals surface area contributed by atoms with Gasteiger partial charge in [-0.3, -0.25) is 4.79 Å². The standard InChI is InChI=1S/C13H18N4O2/c1-8(2)17-6-5-14-12(13(17)18)15-7-11-9(3)16-19-10(11)4/h5-6,8H,7H2,1-4H3,(H,14,15). The number of anilines is 1. The van der Waals surface area contributed by atoms with E-state index in [1.165, 1.54) is 0 Å². The van der Waals surface area contributed by atoms with Crippen LogP contribution in [0.25, 0.3) is 0 Å². The van der Waals surface area contributed by atoms with Crippen molar-refractivity contribution in [2.45, 2.75) is 40.3 Å². The van der Waals surface area contributed by atoms with Gasteiger partial charge in [0.05, 0.1) is 5.69 Å². The molecule has 0 unspecified atom stereocenters. The Hall–Kier alpha value is -2.11. The molecular formula is C13H18N4O2. The van der Waals surface area contributed by atoms with Gasteiger partial charge in [0.25, 0.3) is 5.56 Å². The van der Waals surface area contributed by atoms with Gasteiger partial charge in [-0.25, -0.2) is 4.98 Å². The summed E-state index contributed by atoms with van der Waals surface area (Å²) in [6.07, 6.45) is 3.31. The zero-order valence-electron chi connectivity index (χ0n) is 11.6. The molecule has 2 aromatic rings. The van der Waals surface area contributed by atoms with Gasteiger partial charge in [-0.15, -0.1) is 0 Å². The normalized spacial score (nSPS) is 11.0. The Bertz CT molecular complexity index is 608. The smallest absolute Gasteiger partial charge is 0.293 e. The Morgan fingerprint density at radius 3 is 2.74 bits per heavy atom. The van der Waals surface area contributed by atoms with Crippen LogP contribution in [0.15, 0.2) is 21.7 Å². The molecule has 0 amide bonds. The first-order valence-electron chi connectivity index (χ1n) is 6.23. The molecule has 2 heterocycles. The summed E-state index contributed by atoms with van der Waals surface area (Å²) in [5, 5.41) is 6.93. The Morgan fingerprint density at radius 2 is 2.16 bits per heavy atom. The minimum Gasteiger partial charge on any atom is -0.361 e. The number of nitrogens with zero attached hydrogens (tertiary/aromatic N) is 3. The van der Waals surface area contributed by atoms with Crippen LogP contribution in [0, 0.1) is 13.8 Å². The van der Waals surface area contributed by atoms with Crippen molar-refractivity contribution in [1.29, 1.82) is 0 Å². The lowest BCUT2D eigenvalue weighted by molar-refractivity contribution is 0.392. The molecule has 0 saturated heterocycles. The summed E-state index contributed by atoms with van der Waals surface area (Å²) in [6, 6.07) is 0.107. The summed E-state index contributed by atoms with van der Waals surface area (Å²) in [5.41, 5.74) is 1.66. The molecule has 102 valence electrons. The van der Waals surface area contributed by atoms with Crippen LogP contribution in [0.5, 0.6) is 0 Å². The topological polar surface area (TPSA) is 73.0 Å². The maximum Gasteiger partial charge on any atom is 0.293 e. The Kier molecular flexibility index (Phi) is 3.69. The quantitative estimate of drug-likeness (QED) is 0.912. The van der Waals surface area contributed by atoms with Gasteiger partial charge in [0, 0.05) is 30.5 Å². The maximum absolute atomic E-state index is 12.1. The number of hydrogen-bond acceptors (Lipinski definition) is 5. The SMILES string of the molecule is Cc1noc(C)c1CNc1nccn(C(C)C)c1=O. The molecule has 0 bridgehead atoms. The second kappa shape index (κ2) is 5.26. The molecule has 0 aliphatic carbocycles. The molecule has 6 heteroatoms. The Labute approximate surface area is 111 Å². The van der Waals surface area contributed by atoms with E-state index >= 15 is 0 Å². The zero-order chi connectivity index (χ0) is 14.0. The van der Waals surface area contributed by atoms with Gasteiger partial charge >= 0.3 is 0 Å². The van der Waals surface area contributed by atoms with Crippen molar-refractivity contribution in [3.8, 4) is 0 Å². The highest BCUT2D eigenvalue weighted by atomic mass is 16.5. The van der Waals surface area contributed by atoms with Gasteiger partial charge in [0.15, 0.2) is 5.82 Å². The summed E-state index contributed by atoms with van der Waals surface area (Å²) in [5.74, 6) is 1.10. The molecule has 19 heavy (non-hydrogen) atoms. The Morgan fingerprint density at radius 1 is 1.42 bits per heavy atom. The first kappa shape index (κ1) is 13.3. The predicted octanol–water partition coefficient (Wildman–Crippen LogP) is 2.04. The molecular weight excluding hydrogens is 244 g/mol. The van der Waals surface area contributed by atoms with Crippen LogP contribution in [0.1, 0.15) is 36.9 Å². The van der Waals surface area contributed by atoms with Crippen molar-refractivity contribution in [2.75, 3.05) is 5.32 Å². The summed E-state index contributed by atoms with van der Waals surface area (Å²) < 4.78 is 6.72. The fourth-order valence-electron chi connectivity index (χ4n) is 1.88. The summed E-state index contributed by atoms with van der Waals surface area (Å²) in [6.45, 7) is 8.12. The molecule has 0 atom stereocenters. The van der Waals surface area contributed by atoms with Crippen molar-refractivity contribution in [3.63, 3.8) is 0 Å². The molecule has 0 aliphatic heterocycles. The van der Waals surface area contributed by atoms with Gasteiger partial charge in [-0.2, -0.15) is 0 Å². The number of hydrogen-bond donors (Lipinski definition) is 1. The highest BCUT2D eigenvalue weighted by Crippen LogP contribution is 2.13. The average molecular weight is 262 g/mol. The van der Waals surface area contributed by atoms with Gasteiger partial charge in [0.2, 0.25) is 0 Å². The molecule has 0 fully saturated rings. The highest BCUT2D eigenvalue weighted by molar-refractivity contribution is 5.34. The van der Waals surface area contributed by atoms with Crippen LogP contribution in [-0.4, -0.2) is 14.7 Å². The van der Waals surface area contributed by atoms with Crippen molar-refractivity contribution < 1.29 is 4.52 Å². The van der Waals surface area contributed by atoms with Crippen molar-refractivity contribution in [1.82, 2.24) is 14.7 Å². The van der Waals surface area contributed by atoms with Gasteiger partial charge < -0.3 is 14.4 Å². The predicted molar refractivity (Wildman–Crippen MR) is 72.2 cm³/mol. The molecule has 2 aromatic heterocycles. The molecule has 1 N–H and O–H groups in total. The van der Waals surface area contributed by atoms with E-state index in [2.05, 4.69) is 15.5 Å². The van der Waals surface area contributed by atoms with E-state index in [-0.39, 0.29) is 11.6 Å². The molecule has 2 rings (SSSR count). The Balaban J connectivity index is 2.21. The third kappa shape index (κ3) is 2.67. The number of nitrogens with one attached hydrogen (secondary N) is 1. The van der Waals surface area contributed by atoms with E-state index < -0.39 is 0 Å². The van der Waals surface area contributed by atoms with Crippen molar-refractivity contribution >= 4 is 5.82 Å². The van der Waals surface area contributed by atoms with Crippen molar-refractivity contribution in [2.24, 2.45) is 0 Å². The van der Waals surface area contributed by atoms with Gasteiger partial charge in [-0.05, 0) is 27.7 Å². The van der Waals surface area contributed by atoms with Crippen LogP contribution >= 0.6 is 0 Å². The molecule has 0 spiro atoms. The van der Waals surface area contributed by atoms with Crippen LogP contribution in [0.4, 0.5) is 5.82 Å². The second-order valence-electron chi connectivity index (χ2n) is 4.74. The van der Waals surface area contributed by atoms with E-state index in [0.29, 0.717) is 12.4 Å². The largest absolute Gasteiger partial charge is 0.361 e. The van der Waals surface area contributed by atoms with Crippen LogP contribution in [0.2, 0.25) is 0 Å². The number of rotatable bonds is 4. The first-order chi connectivity index (χ1) is 9.00. The molecule has 6 nitrogen and oxygen atoms in total. The van der Waals surface area contributed by atoms with Gasteiger partial charge in [-0.1, -0.05) is 5.16 Å². The van der Waals surface area contributed by atoms with E-state index in [9.17, 15) is 4.79 Å². The fourth-order valence-corrected chi connectivity index (χ4v) is 1.88. The summed E-state index contributed by atoms with van der Waals surface area (Å²) in [4.78, 5) is 16.2. The minimum atomic E-state index is -0.121. The molecule has 0 aromatic carbocycles. The maximum atomic E-state index is 12.1. The van der Waals surface area contributed by atoms with E-state index in [0.717, 1.165) is 17.0 Å². The zero-order valence-corrected chi connectivity index (χ0v) is 11.6. The summed E-state index contributed by atoms with van der Waals surface area (Å²) in [7, 11) is 0. The number of aryl methyl sites for hydroxylation is 2. The van der Waals surface area contributed by atoms with Crippen LogP contribution < -0.4 is 10.9 Å².